The zero-order valence-electron chi connectivity index (χ0n) is 13.3. The lowest BCUT2D eigenvalue weighted by molar-refractivity contribution is 0.666. The smallest absolute Gasteiger partial charge is 0.314 e. The van der Waals surface area contributed by atoms with Crippen LogP contribution in [0.3, 0.4) is 0 Å². The molecule has 1 atom stereocenters. The number of aromatic nitrogens is 5. The molecule has 3 aromatic heterocycles. The molecule has 0 fully saturated rings. The first-order valence-electron chi connectivity index (χ1n) is 6.82. The summed E-state index contributed by atoms with van der Waals surface area (Å²) in [4.78, 5) is 32.7. The maximum absolute atomic E-state index is 12.6. The largest absolute Gasteiger partial charge is 0.332 e. The van der Waals surface area contributed by atoms with Gasteiger partial charge in [0.05, 0.1) is 22.2 Å². The fraction of sp³-hybridized carbons (Fsp3) is 0.286. The van der Waals surface area contributed by atoms with Gasteiger partial charge in [0.15, 0.2) is 11.2 Å². The molecule has 0 spiro atoms. The van der Waals surface area contributed by atoms with E-state index in [0.717, 1.165) is 4.57 Å². The van der Waals surface area contributed by atoms with Gasteiger partial charge >= 0.3 is 5.69 Å². The van der Waals surface area contributed by atoms with E-state index in [9.17, 15) is 13.8 Å². The van der Waals surface area contributed by atoms with E-state index in [1.54, 1.807) is 25.4 Å². The zero-order valence-corrected chi connectivity index (χ0v) is 14.9. The van der Waals surface area contributed by atoms with E-state index in [4.69, 9.17) is 0 Å². The molecule has 0 N–H and O–H groups in total. The van der Waals surface area contributed by atoms with Gasteiger partial charge in [-0.15, -0.1) is 12.4 Å². The van der Waals surface area contributed by atoms with Crippen molar-refractivity contribution in [3.05, 3.63) is 50.9 Å². The molecule has 128 valence electrons. The van der Waals surface area contributed by atoms with Gasteiger partial charge in [0.2, 0.25) is 5.16 Å². The Morgan fingerprint density at radius 2 is 1.79 bits per heavy atom. The Labute approximate surface area is 145 Å². The van der Waals surface area contributed by atoms with Gasteiger partial charge in [-0.05, 0) is 12.1 Å². The Morgan fingerprint density at radius 3 is 2.42 bits per heavy atom. The minimum atomic E-state index is -1.48. The quantitative estimate of drug-likeness (QED) is 0.652. The first-order chi connectivity index (χ1) is 10.9. The predicted molar refractivity (Wildman–Crippen MR) is 92.8 cm³/mol. The number of nitrogens with zero attached hydrogens (tertiary/aromatic N) is 5. The topological polar surface area (TPSA) is 91.8 Å². The van der Waals surface area contributed by atoms with Gasteiger partial charge < -0.3 is 4.57 Å². The van der Waals surface area contributed by atoms with Crippen LogP contribution in [-0.2, 0) is 37.7 Å². The van der Waals surface area contributed by atoms with Crippen molar-refractivity contribution >= 4 is 34.4 Å². The molecule has 1 unspecified atom stereocenters. The lowest BCUT2D eigenvalue weighted by Gasteiger charge is -2.03. The van der Waals surface area contributed by atoms with Crippen molar-refractivity contribution in [3.63, 3.8) is 0 Å². The van der Waals surface area contributed by atoms with Crippen LogP contribution in [0.15, 0.2) is 39.1 Å². The highest BCUT2D eigenvalue weighted by Crippen LogP contribution is 2.14. The van der Waals surface area contributed by atoms with Gasteiger partial charge in [0.25, 0.3) is 5.56 Å². The highest BCUT2D eigenvalue weighted by atomic mass is 35.5. The van der Waals surface area contributed by atoms with Crippen molar-refractivity contribution in [3.8, 4) is 0 Å². The average molecular weight is 370 g/mol. The van der Waals surface area contributed by atoms with Crippen molar-refractivity contribution in [1.29, 1.82) is 0 Å². The molecular weight excluding hydrogens is 354 g/mol. The Morgan fingerprint density at radius 1 is 1.08 bits per heavy atom. The molecular formula is C14H16ClN5O3S. The normalized spacial score (nSPS) is 12.1. The molecule has 0 bridgehead atoms. The highest BCUT2D eigenvalue weighted by Gasteiger charge is 2.20. The van der Waals surface area contributed by atoms with Crippen LogP contribution in [0.1, 0.15) is 5.69 Å². The van der Waals surface area contributed by atoms with E-state index in [-0.39, 0.29) is 34.5 Å². The second-order valence-corrected chi connectivity index (χ2v) is 6.49. The van der Waals surface area contributed by atoms with Crippen molar-refractivity contribution in [2.75, 3.05) is 0 Å². The summed E-state index contributed by atoms with van der Waals surface area (Å²) < 4.78 is 16.4. The van der Waals surface area contributed by atoms with E-state index in [1.807, 2.05) is 6.07 Å². The summed E-state index contributed by atoms with van der Waals surface area (Å²) in [7, 11) is 3.07. The molecule has 0 aliphatic rings. The summed E-state index contributed by atoms with van der Waals surface area (Å²) in [6.07, 6.45) is 1.63. The minimum Gasteiger partial charge on any atom is -0.314 e. The molecule has 10 heteroatoms. The molecule has 3 heterocycles. The van der Waals surface area contributed by atoms with Crippen molar-refractivity contribution in [2.45, 2.75) is 10.9 Å². The summed E-state index contributed by atoms with van der Waals surface area (Å²) in [6, 6.07) is 5.37. The second kappa shape index (κ2) is 6.70. The molecule has 0 saturated heterocycles. The van der Waals surface area contributed by atoms with Gasteiger partial charge in [-0.3, -0.25) is 23.1 Å². The third-order valence-corrected chi connectivity index (χ3v) is 4.97. The van der Waals surface area contributed by atoms with Gasteiger partial charge in [-0.2, -0.15) is 0 Å². The van der Waals surface area contributed by atoms with E-state index >= 15 is 0 Å². The average Bonchev–Trinajstić information content (AvgIpc) is 2.89. The van der Waals surface area contributed by atoms with Crippen molar-refractivity contribution in [2.24, 2.45) is 21.1 Å². The molecule has 0 amide bonds. The molecule has 0 aromatic carbocycles. The monoisotopic (exact) mass is 369 g/mol. The SMILES string of the molecule is Cl.Cn1c(=O)c2c(nc(S(=O)Cc3ccccn3)n2C)n(C)c1=O. The number of halogens is 1. The standard InChI is InChI=1S/C14H15N5O3S.ClH/c1-17-10-11(18(2)14(21)19(3)12(10)20)16-13(17)23(22)8-9-6-4-5-7-15-9;/h4-7H,8H2,1-3H3;1H. The Balaban J connectivity index is 0.00000208. The second-order valence-electron chi connectivity index (χ2n) is 5.14. The summed E-state index contributed by atoms with van der Waals surface area (Å²) >= 11 is 0. The predicted octanol–water partition coefficient (Wildman–Crippen LogP) is 0.0953. The number of pyridine rings is 1. The summed E-state index contributed by atoms with van der Waals surface area (Å²) in [5.74, 6) is 0.187. The van der Waals surface area contributed by atoms with E-state index in [2.05, 4.69) is 9.97 Å². The number of imidazole rings is 1. The van der Waals surface area contributed by atoms with Crippen LogP contribution in [-0.4, -0.2) is 27.9 Å². The molecule has 0 saturated carbocycles. The van der Waals surface area contributed by atoms with E-state index < -0.39 is 22.0 Å². The van der Waals surface area contributed by atoms with Gasteiger partial charge in [-0.25, -0.2) is 9.78 Å². The summed E-state index contributed by atoms with van der Waals surface area (Å²) in [5, 5.41) is 0.240. The lowest BCUT2D eigenvalue weighted by Crippen LogP contribution is -2.37. The number of fused-ring (bicyclic) bond motifs is 1. The fourth-order valence-corrected chi connectivity index (χ4v) is 3.54. The molecule has 24 heavy (non-hydrogen) atoms. The summed E-state index contributed by atoms with van der Waals surface area (Å²) in [6.45, 7) is 0. The number of rotatable bonds is 3. The van der Waals surface area contributed by atoms with Crippen LogP contribution >= 0.6 is 12.4 Å². The molecule has 3 aromatic rings. The third kappa shape index (κ3) is 2.80. The minimum absolute atomic E-state index is 0. The Bertz CT molecular complexity index is 1040. The molecule has 0 aliphatic heterocycles. The van der Waals surface area contributed by atoms with Crippen LogP contribution in [0, 0.1) is 0 Å². The highest BCUT2D eigenvalue weighted by molar-refractivity contribution is 7.84. The number of aryl methyl sites for hydroxylation is 2. The van der Waals surface area contributed by atoms with E-state index in [0.29, 0.717) is 5.69 Å². The van der Waals surface area contributed by atoms with Crippen LogP contribution in [0.25, 0.3) is 11.2 Å². The molecule has 0 radical (unpaired) electrons. The van der Waals surface area contributed by atoms with E-state index in [1.165, 1.54) is 23.2 Å². The molecule has 0 aliphatic carbocycles. The first kappa shape index (κ1) is 18.1. The zero-order chi connectivity index (χ0) is 16.7. The lowest BCUT2D eigenvalue weighted by atomic mass is 10.4. The van der Waals surface area contributed by atoms with Crippen molar-refractivity contribution < 1.29 is 4.21 Å². The van der Waals surface area contributed by atoms with Crippen LogP contribution < -0.4 is 11.2 Å². The van der Waals surface area contributed by atoms with Gasteiger partial charge in [-0.1, -0.05) is 6.07 Å². The van der Waals surface area contributed by atoms with Crippen molar-refractivity contribution in [1.82, 2.24) is 23.7 Å². The molecule has 8 nitrogen and oxygen atoms in total. The van der Waals surface area contributed by atoms with Crippen LogP contribution in [0.2, 0.25) is 0 Å². The molecule has 3 rings (SSSR count). The summed E-state index contributed by atoms with van der Waals surface area (Å²) in [5.41, 5.74) is 0.213. The Hall–Kier alpha value is -2.26. The number of hydrogen-bond donors (Lipinski definition) is 0. The number of hydrogen-bond acceptors (Lipinski definition) is 5. The fourth-order valence-electron chi connectivity index (χ4n) is 2.38. The van der Waals surface area contributed by atoms with Gasteiger partial charge in [0, 0.05) is 27.3 Å². The first-order valence-corrected chi connectivity index (χ1v) is 8.14. The van der Waals surface area contributed by atoms with Crippen LogP contribution in [0.5, 0.6) is 0 Å². The maximum Gasteiger partial charge on any atom is 0.332 e. The van der Waals surface area contributed by atoms with Crippen LogP contribution in [0.4, 0.5) is 0 Å². The van der Waals surface area contributed by atoms with Gasteiger partial charge in [0.1, 0.15) is 0 Å². The maximum atomic E-state index is 12.6. The Kier molecular flexibility index (Phi) is 5.05. The third-order valence-electron chi connectivity index (χ3n) is 3.64.